The van der Waals surface area contributed by atoms with Crippen molar-refractivity contribution in [3.05, 3.63) is 99.1 Å². The van der Waals surface area contributed by atoms with Crippen LogP contribution >= 0.6 is 0 Å². The number of fused-ring (bicyclic) bond motifs is 1. The third-order valence-electron chi connectivity index (χ3n) is 5.71. The summed E-state index contributed by atoms with van der Waals surface area (Å²) in [5, 5.41) is 3.01. The smallest absolute Gasteiger partial charge is 0.319 e. The van der Waals surface area contributed by atoms with Gasteiger partial charge < -0.3 is 10.3 Å². The lowest BCUT2D eigenvalue weighted by molar-refractivity contribution is -0.516. The van der Waals surface area contributed by atoms with Gasteiger partial charge in [0.25, 0.3) is 6.43 Å². The number of halogens is 2. The molecule has 5 rings (SSSR count). The van der Waals surface area contributed by atoms with Crippen molar-refractivity contribution in [2.75, 3.05) is 5.73 Å². The third-order valence-corrected chi connectivity index (χ3v) is 5.71. The van der Waals surface area contributed by atoms with Gasteiger partial charge in [-0.05, 0) is 18.2 Å². The van der Waals surface area contributed by atoms with Crippen LogP contribution in [0.15, 0.2) is 76.6 Å². The van der Waals surface area contributed by atoms with Crippen molar-refractivity contribution in [1.29, 1.82) is 0 Å². The van der Waals surface area contributed by atoms with E-state index in [2.05, 4.69) is 15.1 Å². The second kappa shape index (κ2) is 8.60. The van der Waals surface area contributed by atoms with Gasteiger partial charge in [-0.25, -0.2) is 18.7 Å². The number of nitrogens with two attached hydrogens (primary N) is 1. The SMILES string of the molecule is Cn1cc(-c2c(-c3ccccc3)nc(N)[n+]3c(=O)n(Cc4ncccc4C(F)F)[nH]c23)ccc1=O. The molecule has 176 valence electrons. The zero-order valence-corrected chi connectivity index (χ0v) is 18.5. The van der Waals surface area contributed by atoms with Crippen LogP contribution in [0.3, 0.4) is 0 Å². The summed E-state index contributed by atoms with van der Waals surface area (Å²) in [4.78, 5) is 33.9. The van der Waals surface area contributed by atoms with Crippen LogP contribution in [0.25, 0.3) is 28.0 Å². The number of aromatic nitrogens is 6. The minimum atomic E-state index is -2.75. The number of nitrogen functional groups attached to an aromatic ring is 1. The number of benzene rings is 1. The van der Waals surface area contributed by atoms with Crippen LogP contribution in [0.2, 0.25) is 0 Å². The standard InChI is InChI=1S/C24H19F2N7O2/c1-31-12-15(9-10-18(31)34)19-20(14-6-3-2-4-7-14)29-23(27)33-22(19)30-32(24(33)35)13-17-16(21(25)26)8-5-11-28-17/h2-12,21H,13H2,1H3,(H2,27,29,30)/p+1. The highest BCUT2D eigenvalue weighted by molar-refractivity contribution is 5.88. The molecule has 0 unspecified atom stereocenters. The van der Waals surface area contributed by atoms with E-state index in [4.69, 9.17) is 5.73 Å². The molecule has 3 N–H and O–H groups in total. The fraction of sp³-hybridized carbons (Fsp3) is 0.125. The summed E-state index contributed by atoms with van der Waals surface area (Å²) in [5.74, 6) is -0.0810. The Bertz CT molecular complexity index is 1670. The quantitative estimate of drug-likeness (QED) is 0.378. The predicted molar refractivity (Wildman–Crippen MR) is 125 cm³/mol. The van der Waals surface area contributed by atoms with Gasteiger partial charge in [0, 0.05) is 42.2 Å². The van der Waals surface area contributed by atoms with E-state index in [1.807, 2.05) is 30.3 Å². The molecule has 0 fully saturated rings. The Balaban J connectivity index is 1.80. The fourth-order valence-corrected chi connectivity index (χ4v) is 4.01. The van der Waals surface area contributed by atoms with Crippen molar-refractivity contribution in [3.63, 3.8) is 0 Å². The molecule has 4 heterocycles. The van der Waals surface area contributed by atoms with Gasteiger partial charge in [0.15, 0.2) is 0 Å². The molecule has 0 radical (unpaired) electrons. The van der Waals surface area contributed by atoms with Gasteiger partial charge in [-0.2, -0.15) is 4.68 Å². The van der Waals surface area contributed by atoms with Crippen LogP contribution in [0.1, 0.15) is 17.7 Å². The molecule has 9 nitrogen and oxygen atoms in total. The van der Waals surface area contributed by atoms with Crippen molar-refractivity contribution >= 4 is 11.6 Å². The number of hydrogen-bond acceptors (Lipinski definition) is 5. The summed E-state index contributed by atoms with van der Waals surface area (Å²) < 4.78 is 30.7. The molecule has 35 heavy (non-hydrogen) atoms. The minimum absolute atomic E-state index is 0.0511. The lowest BCUT2D eigenvalue weighted by atomic mass is 10.0. The molecule has 0 bridgehead atoms. The summed E-state index contributed by atoms with van der Waals surface area (Å²) in [6, 6.07) is 15.0. The number of pyridine rings is 2. The monoisotopic (exact) mass is 476 g/mol. The van der Waals surface area contributed by atoms with Crippen molar-refractivity contribution < 1.29 is 13.2 Å². The Labute approximate surface area is 196 Å². The lowest BCUT2D eigenvalue weighted by Crippen LogP contribution is -2.44. The van der Waals surface area contributed by atoms with E-state index in [1.165, 1.54) is 33.4 Å². The number of nitrogens with zero attached hydrogens (tertiary/aromatic N) is 5. The number of rotatable bonds is 5. The molecule has 4 aromatic heterocycles. The molecule has 11 heteroatoms. The molecule has 0 amide bonds. The van der Waals surface area contributed by atoms with Crippen LogP contribution in [0.4, 0.5) is 14.7 Å². The number of hydrogen-bond donors (Lipinski definition) is 2. The summed E-state index contributed by atoms with van der Waals surface area (Å²) >= 11 is 0. The first-order valence-corrected chi connectivity index (χ1v) is 10.6. The average Bonchev–Trinajstić information content (AvgIpc) is 3.18. The van der Waals surface area contributed by atoms with Crippen LogP contribution in [0, 0.1) is 0 Å². The van der Waals surface area contributed by atoms with Gasteiger partial charge in [0.05, 0.1) is 11.3 Å². The van der Waals surface area contributed by atoms with Gasteiger partial charge in [-0.3, -0.25) is 9.78 Å². The fourth-order valence-electron chi connectivity index (χ4n) is 4.01. The number of nitrogens with one attached hydrogen (secondary N) is 1. The zero-order chi connectivity index (χ0) is 24.7. The maximum Gasteiger partial charge on any atom is 0.428 e. The molecule has 5 aromatic rings. The van der Waals surface area contributed by atoms with Gasteiger partial charge in [-0.1, -0.05) is 30.3 Å². The summed E-state index contributed by atoms with van der Waals surface area (Å²) in [6.07, 6.45) is 0.274. The molecule has 0 atom stereocenters. The first-order chi connectivity index (χ1) is 16.8. The van der Waals surface area contributed by atoms with E-state index >= 15 is 0 Å². The third kappa shape index (κ3) is 3.86. The Kier molecular flexibility index (Phi) is 5.44. The van der Waals surface area contributed by atoms with Crippen LogP contribution in [0.5, 0.6) is 0 Å². The molecule has 0 saturated carbocycles. The number of aryl methyl sites for hydroxylation is 1. The molecular weight excluding hydrogens is 456 g/mol. The van der Waals surface area contributed by atoms with E-state index in [9.17, 15) is 18.4 Å². The highest BCUT2D eigenvalue weighted by Gasteiger charge is 2.27. The highest BCUT2D eigenvalue weighted by atomic mass is 19.3. The minimum Gasteiger partial charge on any atom is -0.319 e. The van der Waals surface area contributed by atoms with Crippen LogP contribution < -0.4 is 21.4 Å². The second-order valence-corrected chi connectivity index (χ2v) is 7.93. The van der Waals surface area contributed by atoms with E-state index < -0.39 is 12.1 Å². The highest BCUT2D eigenvalue weighted by Crippen LogP contribution is 2.32. The Hall–Kier alpha value is -4.67. The maximum absolute atomic E-state index is 13.5. The van der Waals surface area contributed by atoms with Gasteiger partial charge in [0.1, 0.15) is 12.2 Å². The van der Waals surface area contributed by atoms with E-state index in [1.54, 1.807) is 19.3 Å². The number of alkyl halides is 2. The van der Waals surface area contributed by atoms with Crippen LogP contribution in [-0.4, -0.2) is 24.3 Å². The molecule has 0 aliphatic rings. The first kappa shape index (κ1) is 22.1. The Morgan fingerprint density at radius 2 is 1.83 bits per heavy atom. The normalized spacial score (nSPS) is 11.4. The summed E-state index contributed by atoms with van der Waals surface area (Å²) in [7, 11) is 1.62. The number of anilines is 1. The van der Waals surface area contributed by atoms with Gasteiger partial charge >= 0.3 is 11.6 Å². The van der Waals surface area contributed by atoms with E-state index in [0.717, 1.165) is 10.2 Å². The van der Waals surface area contributed by atoms with Crippen molar-refractivity contribution in [1.82, 2.24) is 24.3 Å². The van der Waals surface area contributed by atoms with Gasteiger partial charge in [0.2, 0.25) is 11.2 Å². The zero-order valence-electron chi connectivity index (χ0n) is 18.5. The van der Waals surface area contributed by atoms with Gasteiger partial charge in [-0.15, -0.1) is 9.38 Å². The van der Waals surface area contributed by atoms with E-state index in [-0.39, 0.29) is 29.3 Å². The van der Waals surface area contributed by atoms with E-state index in [0.29, 0.717) is 22.5 Å². The molecule has 1 aromatic carbocycles. The largest absolute Gasteiger partial charge is 0.428 e. The lowest BCUT2D eigenvalue weighted by Gasteiger charge is -2.09. The topological polar surface area (TPSA) is 116 Å². The molecule has 0 saturated heterocycles. The number of H-pyrrole nitrogens is 1. The molecule has 0 spiro atoms. The summed E-state index contributed by atoms with van der Waals surface area (Å²) in [6.45, 7) is -0.228. The average molecular weight is 476 g/mol. The van der Waals surface area contributed by atoms with Crippen molar-refractivity contribution in [2.45, 2.75) is 13.0 Å². The van der Waals surface area contributed by atoms with Crippen molar-refractivity contribution in [2.24, 2.45) is 7.05 Å². The summed E-state index contributed by atoms with van der Waals surface area (Å²) in [5.41, 5.74) is 7.85. The Morgan fingerprint density at radius 1 is 1.06 bits per heavy atom. The maximum atomic E-state index is 13.5. The molecular formula is C24H20F2N7O2+. The predicted octanol–water partition coefficient (Wildman–Crippen LogP) is 2.31. The molecule has 0 aliphatic heterocycles. The Morgan fingerprint density at radius 3 is 2.54 bits per heavy atom. The number of aromatic amines is 1. The molecule has 0 aliphatic carbocycles. The first-order valence-electron chi connectivity index (χ1n) is 10.6. The van der Waals surface area contributed by atoms with Crippen LogP contribution in [-0.2, 0) is 13.6 Å². The second-order valence-electron chi connectivity index (χ2n) is 7.93. The van der Waals surface area contributed by atoms with Crippen molar-refractivity contribution in [3.8, 4) is 22.4 Å².